The predicted octanol–water partition coefficient (Wildman–Crippen LogP) is 3.94. The molecule has 0 bridgehead atoms. The first-order chi connectivity index (χ1) is 10.3. The van der Waals surface area contributed by atoms with Crippen LogP contribution in [0.1, 0.15) is 38.1 Å². The van der Waals surface area contributed by atoms with Crippen molar-refractivity contribution >= 4 is 17.4 Å². The first-order valence-corrected chi connectivity index (χ1v) is 7.16. The van der Waals surface area contributed by atoms with E-state index in [0.29, 0.717) is 11.3 Å². The van der Waals surface area contributed by atoms with Crippen molar-refractivity contribution in [1.29, 1.82) is 0 Å². The van der Waals surface area contributed by atoms with E-state index in [2.05, 4.69) is 10.3 Å². The van der Waals surface area contributed by atoms with Gasteiger partial charge >= 0.3 is 0 Å². The van der Waals surface area contributed by atoms with Gasteiger partial charge in [-0.25, -0.2) is 0 Å². The van der Waals surface area contributed by atoms with Crippen LogP contribution in [-0.2, 0) is 4.79 Å². The van der Waals surface area contributed by atoms with Crippen molar-refractivity contribution in [3.63, 3.8) is 0 Å². The lowest BCUT2D eigenvalue weighted by Crippen LogP contribution is -2.27. The van der Waals surface area contributed by atoms with Gasteiger partial charge in [0.25, 0.3) is 0 Å². The molecule has 2 aromatic rings. The Balaban J connectivity index is 2.50. The van der Waals surface area contributed by atoms with E-state index in [4.69, 9.17) is 0 Å². The van der Waals surface area contributed by atoms with Crippen LogP contribution in [0.3, 0.4) is 0 Å². The third-order valence-electron chi connectivity index (χ3n) is 3.35. The molecule has 0 aliphatic rings. The third kappa shape index (κ3) is 3.39. The Labute approximate surface area is 130 Å². The zero-order valence-electron chi connectivity index (χ0n) is 13.3. The number of hydrogen-bond donors (Lipinski definition) is 1. The van der Waals surface area contributed by atoms with Gasteiger partial charge in [0.05, 0.1) is 11.9 Å². The monoisotopic (exact) mass is 296 g/mol. The molecule has 4 nitrogen and oxygen atoms in total. The third-order valence-corrected chi connectivity index (χ3v) is 3.35. The Hall–Kier alpha value is -2.49. The van der Waals surface area contributed by atoms with Crippen LogP contribution in [0.15, 0.2) is 42.7 Å². The lowest BCUT2D eigenvalue weighted by atomic mass is 9.94. The number of amides is 1. The molecule has 0 spiro atoms. The van der Waals surface area contributed by atoms with Gasteiger partial charge in [-0.2, -0.15) is 0 Å². The number of rotatable bonds is 3. The number of hydrogen-bond acceptors (Lipinski definition) is 3. The molecule has 0 saturated carbocycles. The highest BCUT2D eigenvalue weighted by atomic mass is 16.2. The number of nitrogens with zero attached hydrogens (tertiary/aromatic N) is 1. The number of Topliss-reactive ketones (excluding diaryl/α,β-unsaturated/α-hetero) is 1. The Kier molecular flexibility index (Phi) is 4.40. The number of carbonyl (C=O) groups is 2. The van der Waals surface area contributed by atoms with E-state index < -0.39 is 5.41 Å². The molecule has 0 radical (unpaired) electrons. The molecule has 2 rings (SSSR count). The molecule has 1 amide bonds. The van der Waals surface area contributed by atoms with Crippen LogP contribution in [0.4, 0.5) is 5.69 Å². The minimum absolute atomic E-state index is 0.0134. The van der Waals surface area contributed by atoms with E-state index in [-0.39, 0.29) is 11.7 Å². The molecule has 1 N–H and O–H groups in total. The van der Waals surface area contributed by atoms with Crippen molar-refractivity contribution in [3.05, 3.63) is 48.3 Å². The Morgan fingerprint density at radius 3 is 2.36 bits per heavy atom. The van der Waals surface area contributed by atoms with Gasteiger partial charge in [-0.15, -0.1) is 0 Å². The lowest BCUT2D eigenvalue weighted by Gasteiger charge is -2.19. The number of anilines is 1. The average molecular weight is 296 g/mol. The standard InChI is InChI=1S/C18H20N2O2/c1-12(21)13-7-5-6-8-14(13)15-9-10-19-11-16(15)20-17(22)18(2,3)4/h5-11H,1-4H3,(H,20,22). The molecule has 0 aliphatic heterocycles. The minimum atomic E-state index is -0.507. The number of carbonyl (C=O) groups excluding carboxylic acids is 2. The van der Waals surface area contributed by atoms with Crippen molar-refractivity contribution < 1.29 is 9.59 Å². The summed E-state index contributed by atoms with van der Waals surface area (Å²) in [6, 6.07) is 9.17. The topological polar surface area (TPSA) is 59.1 Å². The molecule has 22 heavy (non-hydrogen) atoms. The number of pyridine rings is 1. The van der Waals surface area contributed by atoms with E-state index in [1.165, 1.54) is 6.92 Å². The van der Waals surface area contributed by atoms with Crippen LogP contribution in [-0.4, -0.2) is 16.7 Å². The van der Waals surface area contributed by atoms with Crippen LogP contribution in [0.2, 0.25) is 0 Å². The Morgan fingerprint density at radius 1 is 1.05 bits per heavy atom. The highest BCUT2D eigenvalue weighted by molar-refractivity contribution is 6.04. The van der Waals surface area contributed by atoms with Crippen molar-refractivity contribution in [2.24, 2.45) is 5.41 Å². The zero-order chi connectivity index (χ0) is 16.3. The summed E-state index contributed by atoms with van der Waals surface area (Å²) in [5.74, 6) is -0.109. The minimum Gasteiger partial charge on any atom is -0.324 e. The molecule has 0 saturated heterocycles. The fourth-order valence-corrected chi connectivity index (χ4v) is 2.06. The molecule has 0 unspecified atom stereocenters. The van der Waals surface area contributed by atoms with Gasteiger partial charge in [0.15, 0.2) is 5.78 Å². The summed E-state index contributed by atoms with van der Waals surface area (Å²) in [4.78, 5) is 28.1. The number of ketones is 1. The maximum Gasteiger partial charge on any atom is 0.229 e. The van der Waals surface area contributed by atoms with Crippen LogP contribution < -0.4 is 5.32 Å². The van der Waals surface area contributed by atoms with Gasteiger partial charge in [0, 0.05) is 22.7 Å². The molecular formula is C18H20N2O2. The molecule has 4 heteroatoms. The smallest absolute Gasteiger partial charge is 0.229 e. The summed E-state index contributed by atoms with van der Waals surface area (Å²) in [5, 5.41) is 2.90. The van der Waals surface area contributed by atoms with Gasteiger partial charge in [0.1, 0.15) is 0 Å². The van der Waals surface area contributed by atoms with E-state index >= 15 is 0 Å². The van der Waals surface area contributed by atoms with E-state index in [1.54, 1.807) is 24.5 Å². The number of aromatic nitrogens is 1. The van der Waals surface area contributed by atoms with Crippen LogP contribution in [0.5, 0.6) is 0 Å². The van der Waals surface area contributed by atoms with Crippen LogP contribution in [0, 0.1) is 5.41 Å². The van der Waals surface area contributed by atoms with Crippen LogP contribution in [0.25, 0.3) is 11.1 Å². The summed E-state index contributed by atoms with van der Waals surface area (Å²) in [6.45, 7) is 7.08. The first-order valence-electron chi connectivity index (χ1n) is 7.16. The number of nitrogens with one attached hydrogen (secondary N) is 1. The highest BCUT2D eigenvalue weighted by Crippen LogP contribution is 2.31. The van der Waals surface area contributed by atoms with E-state index in [9.17, 15) is 9.59 Å². The van der Waals surface area contributed by atoms with Crippen molar-refractivity contribution in [3.8, 4) is 11.1 Å². The summed E-state index contributed by atoms with van der Waals surface area (Å²) < 4.78 is 0. The van der Waals surface area contributed by atoms with Gasteiger partial charge < -0.3 is 5.32 Å². The second-order valence-corrected chi connectivity index (χ2v) is 6.23. The summed E-state index contributed by atoms with van der Waals surface area (Å²) in [6.07, 6.45) is 3.26. The van der Waals surface area contributed by atoms with E-state index in [0.717, 1.165) is 11.1 Å². The lowest BCUT2D eigenvalue weighted by molar-refractivity contribution is -0.123. The Bertz CT molecular complexity index is 715. The van der Waals surface area contributed by atoms with Gasteiger partial charge in [-0.3, -0.25) is 14.6 Å². The molecule has 0 fully saturated rings. The van der Waals surface area contributed by atoms with Crippen molar-refractivity contribution in [2.45, 2.75) is 27.7 Å². The fraction of sp³-hybridized carbons (Fsp3) is 0.278. The highest BCUT2D eigenvalue weighted by Gasteiger charge is 2.22. The van der Waals surface area contributed by atoms with Crippen molar-refractivity contribution in [1.82, 2.24) is 4.98 Å². The predicted molar refractivity (Wildman–Crippen MR) is 87.8 cm³/mol. The summed E-state index contributed by atoms with van der Waals surface area (Å²) >= 11 is 0. The van der Waals surface area contributed by atoms with Gasteiger partial charge in [0.2, 0.25) is 5.91 Å². The first kappa shape index (κ1) is 15.9. The second-order valence-electron chi connectivity index (χ2n) is 6.23. The summed E-state index contributed by atoms with van der Waals surface area (Å²) in [5.41, 5.74) is 2.31. The zero-order valence-corrected chi connectivity index (χ0v) is 13.3. The molecule has 0 aliphatic carbocycles. The number of benzene rings is 1. The maximum atomic E-state index is 12.2. The normalized spacial score (nSPS) is 11.1. The van der Waals surface area contributed by atoms with Crippen LogP contribution >= 0.6 is 0 Å². The quantitative estimate of drug-likeness (QED) is 0.873. The van der Waals surface area contributed by atoms with Gasteiger partial charge in [-0.1, -0.05) is 45.0 Å². The van der Waals surface area contributed by atoms with Gasteiger partial charge in [-0.05, 0) is 18.6 Å². The van der Waals surface area contributed by atoms with Crippen molar-refractivity contribution in [2.75, 3.05) is 5.32 Å². The fourth-order valence-electron chi connectivity index (χ4n) is 2.06. The largest absolute Gasteiger partial charge is 0.324 e. The van der Waals surface area contributed by atoms with E-state index in [1.807, 2.05) is 39.0 Å². The second kappa shape index (κ2) is 6.10. The molecule has 1 aromatic heterocycles. The average Bonchev–Trinajstić information content (AvgIpc) is 2.46. The SMILES string of the molecule is CC(=O)c1ccccc1-c1ccncc1NC(=O)C(C)(C)C. The molecule has 114 valence electrons. The molecule has 1 heterocycles. The Morgan fingerprint density at radius 2 is 1.73 bits per heavy atom. The maximum absolute atomic E-state index is 12.2. The molecule has 0 atom stereocenters. The summed E-state index contributed by atoms with van der Waals surface area (Å²) in [7, 11) is 0. The molecular weight excluding hydrogens is 276 g/mol. The molecule has 1 aromatic carbocycles.